The predicted octanol–water partition coefficient (Wildman–Crippen LogP) is 4.18. The van der Waals surface area contributed by atoms with Crippen molar-refractivity contribution in [3.63, 3.8) is 0 Å². The molecule has 2 nitrogen and oxygen atoms in total. The van der Waals surface area contributed by atoms with Crippen molar-refractivity contribution in [2.24, 2.45) is 0 Å². The summed E-state index contributed by atoms with van der Waals surface area (Å²) < 4.78 is 0. The number of thiophene rings is 1. The standard InChI is InChI=1S/C13H10ClNOS2/c14-8-3-4-10-9(6-8)13(11-2-1-5-17-11)18-7-12(16)15-10/h1-6,13H,7H2,(H,15,16). The second kappa shape index (κ2) is 4.96. The van der Waals surface area contributed by atoms with Crippen LogP contribution >= 0.6 is 34.7 Å². The molecule has 1 aromatic carbocycles. The van der Waals surface area contributed by atoms with Gasteiger partial charge in [0, 0.05) is 15.6 Å². The van der Waals surface area contributed by atoms with Crippen LogP contribution in [-0.4, -0.2) is 11.7 Å². The van der Waals surface area contributed by atoms with Crippen LogP contribution in [0.3, 0.4) is 0 Å². The van der Waals surface area contributed by atoms with E-state index >= 15 is 0 Å². The Morgan fingerprint density at radius 2 is 2.22 bits per heavy atom. The molecule has 1 N–H and O–H groups in total. The van der Waals surface area contributed by atoms with Gasteiger partial charge in [-0.1, -0.05) is 17.7 Å². The van der Waals surface area contributed by atoms with Gasteiger partial charge in [0.15, 0.2) is 0 Å². The van der Waals surface area contributed by atoms with E-state index in [2.05, 4.69) is 16.8 Å². The third-order valence-corrected chi connectivity index (χ3v) is 5.34. The third-order valence-electron chi connectivity index (χ3n) is 2.75. The van der Waals surface area contributed by atoms with E-state index in [1.54, 1.807) is 23.1 Å². The predicted molar refractivity (Wildman–Crippen MR) is 78.7 cm³/mol. The van der Waals surface area contributed by atoms with E-state index in [9.17, 15) is 4.79 Å². The molecule has 0 saturated carbocycles. The van der Waals surface area contributed by atoms with Crippen LogP contribution in [0.15, 0.2) is 35.7 Å². The summed E-state index contributed by atoms with van der Waals surface area (Å²) in [5.74, 6) is 0.511. The fourth-order valence-corrected chi connectivity index (χ4v) is 4.26. The summed E-state index contributed by atoms with van der Waals surface area (Å²) in [6.07, 6.45) is 0. The summed E-state index contributed by atoms with van der Waals surface area (Å²) in [5.41, 5.74) is 1.95. The molecule has 0 bridgehead atoms. The maximum Gasteiger partial charge on any atom is 0.234 e. The number of anilines is 1. The van der Waals surface area contributed by atoms with Crippen molar-refractivity contribution in [1.82, 2.24) is 0 Å². The smallest absolute Gasteiger partial charge is 0.234 e. The highest BCUT2D eigenvalue weighted by Gasteiger charge is 2.24. The van der Waals surface area contributed by atoms with Gasteiger partial charge < -0.3 is 5.32 Å². The highest BCUT2D eigenvalue weighted by molar-refractivity contribution is 8.00. The molecule has 3 rings (SSSR count). The number of halogens is 1. The van der Waals surface area contributed by atoms with Gasteiger partial charge in [-0.2, -0.15) is 0 Å². The number of thioether (sulfide) groups is 1. The van der Waals surface area contributed by atoms with Crippen LogP contribution in [-0.2, 0) is 4.79 Å². The monoisotopic (exact) mass is 295 g/mol. The molecule has 0 saturated heterocycles. The zero-order chi connectivity index (χ0) is 12.5. The van der Waals surface area contributed by atoms with Gasteiger partial charge in [-0.25, -0.2) is 0 Å². The molecule has 2 aromatic rings. The van der Waals surface area contributed by atoms with Gasteiger partial charge in [-0.3, -0.25) is 4.79 Å². The van der Waals surface area contributed by atoms with Crippen molar-refractivity contribution in [3.05, 3.63) is 51.2 Å². The SMILES string of the molecule is O=C1CSC(c2cccs2)c2cc(Cl)ccc2N1. The highest BCUT2D eigenvalue weighted by atomic mass is 35.5. The lowest BCUT2D eigenvalue weighted by Crippen LogP contribution is -2.12. The molecule has 2 heterocycles. The third kappa shape index (κ3) is 2.28. The molecular formula is C13H10ClNOS2. The van der Waals surface area contributed by atoms with E-state index in [4.69, 9.17) is 11.6 Å². The van der Waals surface area contributed by atoms with E-state index in [1.807, 2.05) is 24.3 Å². The summed E-state index contributed by atoms with van der Waals surface area (Å²) in [7, 11) is 0. The molecule has 92 valence electrons. The number of fused-ring (bicyclic) bond motifs is 1. The Balaban J connectivity index is 2.11. The molecule has 1 unspecified atom stereocenters. The lowest BCUT2D eigenvalue weighted by Gasteiger charge is -2.15. The average Bonchev–Trinajstić information content (AvgIpc) is 2.81. The minimum atomic E-state index is 0.0441. The van der Waals surface area contributed by atoms with E-state index in [-0.39, 0.29) is 11.2 Å². The van der Waals surface area contributed by atoms with Crippen LogP contribution in [0.1, 0.15) is 15.7 Å². The zero-order valence-corrected chi connectivity index (χ0v) is 11.7. The number of hydrogen-bond acceptors (Lipinski definition) is 3. The molecule has 0 aliphatic carbocycles. The number of carbonyl (C=O) groups is 1. The van der Waals surface area contributed by atoms with E-state index in [0.717, 1.165) is 11.3 Å². The first-order valence-corrected chi connectivity index (χ1v) is 7.79. The second-order valence-electron chi connectivity index (χ2n) is 3.99. The number of nitrogens with one attached hydrogen (secondary N) is 1. The van der Waals surface area contributed by atoms with Crippen molar-refractivity contribution in [2.45, 2.75) is 5.25 Å². The summed E-state index contributed by atoms with van der Waals surface area (Å²) in [4.78, 5) is 12.9. The lowest BCUT2D eigenvalue weighted by molar-refractivity contribution is -0.113. The minimum Gasteiger partial charge on any atom is -0.325 e. The highest BCUT2D eigenvalue weighted by Crippen LogP contribution is 2.43. The van der Waals surface area contributed by atoms with Crippen molar-refractivity contribution < 1.29 is 4.79 Å². The summed E-state index contributed by atoms with van der Waals surface area (Å²) in [6, 6.07) is 9.76. The fraction of sp³-hybridized carbons (Fsp3) is 0.154. The Morgan fingerprint density at radius 1 is 1.33 bits per heavy atom. The Kier molecular flexibility index (Phi) is 3.33. The minimum absolute atomic E-state index is 0.0441. The van der Waals surface area contributed by atoms with Gasteiger partial charge in [0.2, 0.25) is 5.91 Å². The average molecular weight is 296 g/mol. The topological polar surface area (TPSA) is 29.1 Å². The normalized spacial score (nSPS) is 18.9. The summed E-state index contributed by atoms with van der Waals surface area (Å²) in [6.45, 7) is 0. The molecule has 1 aliphatic heterocycles. The molecular weight excluding hydrogens is 286 g/mol. The maximum absolute atomic E-state index is 11.7. The van der Waals surface area contributed by atoms with Crippen LogP contribution in [0.5, 0.6) is 0 Å². The van der Waals surface area contributed by atoms with Gasteiger partial charge in [0.05, 0.1) is 11.0 Å². The van der Waals surface area contributed by atoms with Gasteiger partial charge >= 0.3 is 0 Å². The maximum atomic E-state index is 11.7. The number of benzene rings is 1. The number of rotatable bonds is 1. The van der Waals surface area contributed by atoms with Crippen molar-refractivity contribution in [3.8, 4) is 0 Å². The molecule has 1 aliphatic rings. The van der Waals surface area contributed by atoms with Crippen molar-refractivity contribution in [2.75, 3.05) is 11.1 Å². The van der Waals surface area contributed by atoms with Crippen LogP contribution in [0.4, 0.5) is 5.69 Å². The Bertz CT molecular complexity index is 583. The van der Waals surface area contributed by atoms with Crippen LogP contribution < -0.4 is 5.32 Å². The van der Waals surface area contributed by atoms with Gasteiger partial charge in [-0.05, 0) is 35.2 Å². The van der Waals surface area contributed by atoms with Gasteiger partial charge in [0.1, 0.15) is 0 Å². The van der Waals surface area contributed by atoms with Gasteiger partial charge in [-0.15, -0.1) is 23.1 Å². The van der Waals surface area contributed by atoms with E-state index in [0.29, 0.717) is 10.8 Å². The lowest BCUT2D eigenvalue weighted by atomic mass is 10.1. The van der Waals surface area contributed by atoms with Gasteiger partial charge in [0.25, 0.3) is 0 Å². The van der Waals surface area contributed by atoms with Crippen LogP contribution in [0.2, 0.25) is 5.02 Å². The Labute approximate surface area is 118 Å². The Morgan fingerprint density at radius 3 is 3.00 bits per heavy atom. The number of amides is 1. The summed E-state index contributed by atoms with van der Waals surface area (Å²) >= 11 is 9.42. The fourth-order valence-electron chi connectivity index (χ4n) is 1.98. The molecule has 1 atom stereocenters. The first-order valence-electron chi connectivity index (χ1n) is 5.48. The summed E-state index contributed by atoms with van der Waals surface area (Å²) in [5, 5.41) is 5.86. The quantitative estimate of drug-likeness (QED) is 0.855. The second-order valence-corrected chi connectivity index (χ2v) is 6.50. The molecule has 0 spiro atoms. The molecule has 1 amide bonds. The number of hydrogen-bond donors (Lipinski definition) is 1. The first kappa shape index (κ1) is 12.1. The zero-order valence-electron chi connectivity index (χ0n) is 9.35. The Hall–Kier alpha value is -0.970. The van der Waals surface area contributed by atoms with Crippen LogP contribution in [0, 0.1) is 0 Å². The van der Waals surface area contributed by atoms with E-state index in [1.165, 1.54) is 4.88 Å². The molecule has 0 fully saturated rings. The number of carbonyl (C=O) groups excluding carboxylic acids is 1. The van der Waals surface area contributed by atoms with Crippen molar-refractivity contribution in [1.29, 1.82) is 0 Å². The first-order chi connectivity index (χ1) is 8.74. The van der Waals surface area contributed by atoms with Crippen LogP contribution in [0.25, 0.3) is 0 Å². The molecule has 5 heteroatoms. The molecule has 18 heavy (non-hydrogen) atoms. The largest absolute Gasteiger partial charge is 0.325 e. The van der Waals surface area contributed by atoms with Crippen molar-refractivity contribution >= 4 is 46.3 Å². The molecule has 0 radical (unpaired) electrons. The molecule has 1 aromatic heterocycles. The van der Waals surface area contributed by atoms with E-state index < -0.39 is 0 Å².